The van der Waals surface area contributed by atoms with Gasteiger partial charge in [0.25, 0.3) is 0 Å². The van der Waals surface area contributed by atoms with Gasteiger partial charge in [0, 0.05) is 0 Å². The van der Waals surface area contributed by atoms with Gasteiger partial charge in [-0.05, 0) is 56.3 Å². The minimum atomic E-state index is -0.533. The molecule has 0 spiro atoms. The Bertz CT molecular complexity index is 328. The van der Waals surface area contributed by atoms with E-state index in [9.17, 15) is 4.79 Å². The van der Waals surface area contributed by atoms with Crippen LogP contribution in [0, 0.1) is 17.8 Å². The quantitative estimate of drug-likeness (QED) is 0.435. The van der Waals surface area contributed by atoms with Crippen LogP contribution in [0.25, 0.3) is 0 Å². The first-order valence-electron chi connectivity index (χ1n) is 7.27. The molecule has 0 aromatic rings. The average molecular weight is 266 g/mol. The minimum Gasteiger partial charge on any atom is -0.498 e. The van der Waals surface area contributed by atoms with Gasteiger partial charge in [0.05, 0.1) is 6.26 Å². The third-order valence-corrected chi connectivity index (χ3v) is 4.82. The van der Waals surface area contributed by atoms with Gasteiger partial charge in [-0.3, -0.25) is 0 Å². The molecule has 0 amide bonds. The summed E-state index contributed by atoms with van der Waals surface area (Å²) in [6, 6.07) is 0. The molecular weight excluding hydrogens is 244 g/mol. The van der Waals surface area contributed by atoms with Crippen molar-refractivity contribution in [2.24, 2.45) is 17.8 Å². The Kier molecular flexibility index (Phi) is 3.42. The Morgan fingerprint density at radius 2 is 1.68 bits per heavy atom. The topological polar surface area (TPSA) is 44.8 Å². The van der Waals surface area contributed by atoms with E-state index >= 15 is 0 Å². The molecule has 0 heterocycles. The van der Waals surface area contributed by atoms with Gasteiger partial charge in [0.2, 0.25) is 0 Å². The Morgan fingerprint density at radius 3 is 2.21 bits per heavy atom. The van der Waals surface area contributed by atoms with Crippen molar-refractivity contribution in [3.63, 3.8) is 0 Å². The van der Waals surface area contributed by atoms with Gasteiger partial charge in [-0.15, -0.1) is 0 Å². The predicted octanol–water partition coefficient (Wildman–Crippen LogP) is 3.27. The maximum Gasteiger partial charge on any atom is 0.508 e. The maximum atomic E-state index is 11.8. The van der Waals surface area contributed by atoms with Gasteiger partial charge in [-0.1, -0.05) is 6.58 Å². The van der Waals surface area contributed by atoms with Crippen LogP contribution in [-0.2, 0) is 14.2 Å². The fourth-order valence-corrected chi connectivity index (χ4v) is 4.62. The molecular formula is C15H22O4. The third kappa shape index (κ3) is 2.72. The van der Waals surface area contributed by atoms with Crippen LogP contribution in [0.1, 0.15) is 38.5 Å². The highest BCUT2D eigenvalue weighted by atomic mass is 16.7. The molecule has 0 radical (unpaired) electrons. The maximum absolute atomic E-state index is 11.8. The van der Waals surface area contributed by atoms with Crippen LogP contribution in [0.5, 0.6) is 0 Å². The molecule has 4 rings (SSSR count). The summed E-state index contributed by atoms with van der Waals surface area (Å²) < 4.78 is 15.6. The van der Waals surface area contributed by atoms with E-state index in [1.807, 2.05) is 0 Å². The number of rotatable bonds is 5. The first kappa shape index (κ1) is 12.8. The number of carbonyl (C=O) groups is 1. The summed E-state index contributed by atoms with van der Waals surface area (Å²) in [5.41, 5.74) is -0.217. The van der Waals surface area contributed by atoms with Gasteiger partial charge in [0.1, 0.15) is 18.8 Å². The number of hydrogen-bond donors (Lipinski definition) is 0. The van der Waals surface area contributed by atoms with Crippen LogP contribution in [0.3, 0.4) is 0 Å². The zero-order valence-electron chi connectivity index (χ0n) is 11.3. The largest absolute Gasteiger partial charge is 0.508 e. The zero-order chi connectivity index (χ0) is 13.3. The standard InChI is InChI=1S/C15H22O4/c1-2-17-3-4-18-14(16)19-15-8-11-5-12(9-15)7-13(6-11)10-15/h2,11-13H,1,3-10H2. The Balaban J connectivity index is 1.51. The van der Waals surface area contributed by atoms with Crippen molar-refractivity contribution in [2.45, 2.75) is 44.1 Å². The summed E-state index contributed by atoms with van der Waals surface area (Å²) in [6.45, 7) is 3.98. The van der Waals surface area contributed by atoms with Crippen LogP contribution in [-0.4, -0.2) is 25.0 Å². The molecule has 0 aromatic heterocycles. The first-order chi connectivity index (χ1) is 9.19. The smallest absolute Gasteiger partial charge is 0.498 e. The Morgan fingerprint density at radius 1 is 1.11 bits per heavy atom. The lowest BCUT2D eigenvalue weighted by Crippen LogP contribution is -2.52. The number of ether oxygens (including phenoxy) is 3. The molecule has 0 N–H and O–H groups in total. The van der Waals surface area contributed by atoms with Crippen molar-refractivity contribution in [1.29, 1.82) is 0 Å². The summed E-state index contributed by atoms with van der Waals surface area (Å²) in [4.78, 5) is 11.8. The second-order valence-corrected chi connectivity index (χ2v) is 6.34. The molecule has 4 nitrogen and oxygen atoms in total. The van der Waals surface area contributed by atoms with E-state index in [4.69, 9.17) is 14.2 Å². The molecule has 0 aliphatic heterocycles. The number of carbonyl (C=O) groups excluding carboxylic acids is 1. The highest BCUT2D eigenvalue weighted by Gasteiger charge is 2.53. The van der Waals surface area contributed by atoms with Crippen molar-refractivity contribution in [2.75, 3.05) is 13.2 Å². The van der Waals surface area contributed by atoms with Crippen molar-refractivity contribution >= 4 is 6.16 Å². The molecule has 0 unspecified atom stereocenters. The van der Waals surface area contributed by atoms with Gasteiger partial charge >= 0.3 is 6.16 Å². The fraction of sp³-hybridized carbons (Fsp3) is 0.800. The van der Waals surface area contributed by atoms with Crippen molar-refractivity contribution < 1.29 is 19.0 Å². The van der Waals surface area contributed by atoms with E-state index in [0.29, 0.717) is 6.61 Å². The van der Waals surface area contributed by atoms with E-state index in [0.717, 1.165) is 37.0 Å². The molecule has 4 saturated carbocycles. The predicted molar refractivity (Wildman–Crippen MR) is 69.5 cm³/mol. The van der Waals surface area contributed by atoms with E-state index in [1.54, 1.807) is 0 Å². The Labute approximate surface area is 114 Å². The second-order valence-electron chi connectivity index (χ2n) is 6.34. The lowest BCUT2D eigenvalue weighted by atomic mass is 9.54. The zero-order valence-corrected chi connectivity index (χ0v) is 11.3. The summed E-state index contributed by atoms with van der Waals surface area (Å²) >= 11 is 0. The fourth-order valence-electron chi connectivity index (χ4n) is 4.62. The molecule has 4 bridgehead atoms. The van der Waals surface area contributed by atoms with Crippen LogP contribution in [0.15, 0.2) is 12.8 Å². The highest BCUT2D eigenvalue weighted by Crippen LogP contribution is 2.57. The molecule has 0 atom stereocenters. The van der Waals surface area contributed by atoms with E-state index in [-0.39, 0.29) is 12.2 Å². The van der Waals surface area contributed by atoms with Gasteiger partial charge in [-0.25, -0.2) is 4.79 Å². The first-order valence-corrected chi connectivity index (χ1v) is 7.27. The van der Waals surface area contributed by atoms with Crippen LogP contribution in [0.4, 0.5) is 4.79 Å². The van der Waals surface area contributed by atoms with E-state index in [2.05, 4.69) is 6.58 Å². The molecule has 0 aromatic carbocycles. The van der Waals surface area contributed by atoms with E-state index < -0.39 is 6.16 Å². The van der Waals surface area contributed by atoms with Gasteiger partial charge < -0.3 is 14.2 Å². The van der Waals surface area contributed by atoms with Gasteiger partial charge in [-0.2, -0.15) is 0 Å². The van der Waals surface area contributed by atoms with Crippen LogP contribution in [0.2, 0.25) is 0 Å². The summed E-state index contributed by atoms with van der Waals surface area (Å²) in [6.07, 6.45) is 7.94. The number of hydrogen-bond acceptors (Lipinski definition) is 4. The Hall–Kier alpha value is -1.19. The molecule has 0 saturated heterocycles. The molecule has 4 fully saturated rings. The lowest BCUT2D eigenvalue weighted by Gasteiger charge is -2.55. The normalized spacial score (nSPS) is 38.8. The molecule has 4 aliphatic rings. The van der Waals surface area contributed by atoms with Crippen molar-refractivity contribution in [3.05, 3.63) is 12.8 Å². The summed E-state index contributed by atoms with van der Waals surface area (Å²) in [7, 11) is 0. The molecule has 106 valence electrons. The summed E-state index contributed by atoms with van der Waals surface area (Å²) in [5, 5.41) is 0. The molecule has 4 aliphatic carbocycles. The van der Waals surface area contributed by atoms with Crippen molar-refractivity contribution in [1.82, 2.24) is 0 Å². The van der Waals surface area contributed by atoms with E-state index in [1.165, 1.54) is 25.5 Å². The summed E-state index contributed by atoms with van der Waals surface area (Å²) in [5.74, 6) is 2.30. The van der Waals surface area contributed by atoms with Crippen LogP contribution < -0.4 is 0 Å². The molecule has 19 heavy (non-hydrogen) atoms. The highest BCUT2D eigenvalue weighted by molar-refractivity contribution is 5.60. The van der Waals surface area contributed by atoms with Gasteiger partial charge in [0.15, 0.2) is 0 Å². The second kappa shape index (κ2) is 5.06. The van der Waals surface area contributed by atoms with Crippen molar-refractivity contribution in [3.8, 4) is 0 Å². The molecule has 4 heteroatoms. The minimum absolute atomic E-state index is 0.217. The monoisotopic (exact) mass is 266 g/mol. The van der Waals surface area contributed by atoms with Crippen LogP contribution >= 0.6 is 0 Å². The lowest BCUT2D eigenvalue weighted by molar-refractivity contribution is -0.142. The average Bonchev–Trinajstić information content (AvgIpc) is 2.32. The third-order valence-electron chi connectivity index (χ3n) is 4.82. The SMILES string of the molecule is C=COCCOC(=O)OC12CC3CC(CC(C3)C1)C2.